The van der Waals surface area contributed by atoms with Crippen molar-refractivity contribution >= 4 is 17.5 Å². The van der Waals surface area contributed by atoms with Gasteiger partial charge in [-0.2, -0.15) is 0 Å². The van der Waals surface area contributed by atoms with Crippen molar-refractivity contribution in [1.82, 2.24) is 5.32 Å². The zero-order valence-corrected chi connectivity index (χ0v) is 12.8. The van der Waals surface area contributed by atoms with E-state index in [9.17, 15) is 14.0 Å². The Labute approximate surface area is 124 Å². The fraction of sp³-hybridized carbons (Fsp3) is 0.500. The summed E-state index contributed by atoms with van der Waals surface area (Å²) in [5.74, 6) is -0.825. The van der Waals surface area contributed by atoms with Crippen LogP contribution in [0.4, 0.5) is 10.1 Å². The lowest BCUT2D eigenvalue weighted by molar-refractivity contribution is -0.134. The second-order valence-corrected chi connectivity index (χ2v) is 5.85. The smallest absolute Gasteiger partial charge is 0.250 e. The van der Waals surface area contributed by atoms with Crippen molar-refractivity contribution in [2.75, 3.05) is 4.90 Å². The van der Waals surface area contributed by atoms with Crippen molar-refractivity contribution in [3.05, 3.63) is 29.6 Å². The molecular formula is C16H21FN2O2. The number of piperazine rings is 1. The summed E-state index contributed by atoms with van der Waals surface area (Å²) < 4.78 is 13.7. The number of hydrogen-bond donors (Lipinski definition) is 1. The SMILES string of the molecule is CCC1NC(=O)C(C(C)C)N(c2cc(C)cc(F)c2)C1=O. The van der Waals surface area contributed by atoms with Crippen molar-refractivity contribution in [2.24, 2.45) is 5.92 Å². The Balaban J connectivity index is 2.52. The van der Waals surface area contributed by atoms with Gasteiger partial charge in [0.1, 0.15) is 17.9 Å². The first-order valence-corrected chi connectivity index (χ1v) is 7.25. The van der Waals surface area contributed by atoms with E-state index in [4.69, 9.17) is 0 Å². The van der Waals surface area contributed by atoms with Gasteiger partial charge < -0.3 is 5.32 Å². The second kappa shape index (κ2) is 5.84. The third-order valence-corrected chi connectivity index (χ3v) is 3.74. The Morgan fingerprint density at radius 1 is 1.29 bits per heavy atom. The van der Waals surface area contributed by atoms with Gasteiger partial charge in [-0.05, 0) is 43.0 Å². The zero-order valence-electron chi connectivity index (χ0n) is 12.8. The lowest BCUT2D eigenvalue weighted by Crippen LogP contribution is -2.65. The largest absolute Gasteiger partial charge is 0.342 e. The number of anilines is 1. The van der Waals surface area contributed by atoms with Crippen LogP contribution in [0.5, 0.6) is 0 Å². The molecule has 2 unspecified atom stereocenters. The summed E-state index contributed by atoms with van der Waals surface area (Å²) in [5.41, 5.74) is 1.17. The maximum atomic E-state index is 13.7. The quantitative estimate of drug-likeness (QED) is 0.930. The van der Waals surface area contributed by atoms with Crippen LogP contribution in [0.3, 0.4) is 0 Å². The summed E-state index contributed by atoms with van der Waals surface area (Å²) in [7, 11) is 0. The Hall–Kier alpha value is -1.91. The predicted octanol–water partition coefficient (Wildman–Crippen LogP) is 2.40. The first-order chi connectivity index (χ1) is 9.85. The van der Waals surface area contributed by atoms with Crippen LogP contribution in [0, 0.1) is 18.7 Å². The van der Waals surface area contributed by atoms with E-state index in [0.717, 1.165) is 5.56 Å². The van der Waals surface area contributed by atoms with Crippen LogP contribution in [0.1, 0.15) is 32.8 Å². The lowest BCUT2D eigenvalue weighted by atomic mass is 9.95. The van der Waals surface area contributed by atoms with Crippen LogP contribution < -0.4 is 10.2 Å². The van der Waals surface area contributed by atoms with Gasteiger partial charge in [-0.1, -0.05) is 20.8 Å². The summed E-state index contributed by atoms with van der Waals surface area (Å²) in [4.78, 5) is 26.4. The van der Waals surface area contributed by atoms with E-state index in [1.165, 1.54) is 17.0 Å². The number of benzene rings is 1. The second-order valence-electron chi connectivity index (χ2n) is 5.85. The molecule has 0 saturated carbocycles. The molecule has 1 aromatic rings. The molecule has 1 aliphatic heterocycles. The van der Waals surface area contributed by atoms with Gasteiger partial charge in [0.2, 0.25) is 11.8 Å². The van der Waals surface area contributed by atoms with Crippen molar-refractivity contribution in [3.8, 4) is 0 Å². The molecule has 0 spiro atoms. The van der Waals surface area contributed by atoms with Gasteiger partial charge in [0, 0.05) is 5.69 Å². The van der Waals surface area contributed by atoms with Crippen LogP contribution in [-0.4, -0.2) is 23.9 Å². The molecule has 0 bridgehead atoms. The Bertz CT molecular complexity index is 551. The standard InChI is InChI=1S/C16H21FN2O2/c1-5-13-16(21)19(14(9(2)3)15(20)18-13)12-7-10(4)6-11(17)8-12/h6-9,13-14H,5H2,1-4H3,(H,18,20). The highest BCUT2D eigenvalue weighted by molar-refractivity contribution is 6.08. The van der Waals surface area contributed by atoms with Gasteiger partial charge in [-0.3, -0.25) is 14.5 Å². The number of amides is 2. The molecule has 1 saturated heterocycles. The molecule has 4 nitrogen and oxygen atoms in total. The highest BCUT2D eigenvalue weighted by Gasteiger charge is 2.42. The van der Waals surface area contributed by atoms with Gasteiger partial charge in [0.25, 0.3) is 0 Å². The van der Waals surface area contributed by atoms with E-state index >= 15 is 0 Å². The van der Waals surface area contributed by atoms with Crippen LogP contribution in [0.15, 0.2) is 18.2 Å². The molecule has 2 amide bonds. The summed E-state index contributed by atoms with van der Waals surface area (Å²) in [6.07, 6.45) is 0.514. The monoisotopic (exact) mass is 292 g/mol. The summed E-state index contributed by atoms with van der Waals surface area (Å²) in [6, 6.07) is 3.30. The van der Waals surface area contributed by atoms with E-state index in [2.05, 4.69) is 5.32 Å². The number of nitrogens with zero attached hydrogens (tertiary/aromatic N) is 1. The van der Waals surface area contributed by atoms with Gasteiger partial charge in [-0.15, -0.1) is 0 Å². The van der Waals surface area contributed by atoms with E-state index in [1.54, 1.807) is 13.0 Å². The summed E-state index contributed by atoms with van der Waals surface area (Å²) in [6.45, 7) is 7.36. The Kier molecular flexibility index (Phi) is 4.30. The van der Waals surface area contributed by atoms with Crippen molar-refractivity contribution in [2.45, 2.75) is 46.2 Å². The minimum absolute atomic E-state index is 0.0599. The molecule has 5 heteroatoms. The number of nitrogens with one attached hydrogen (secondary N) is 1. The number of carbonyl (C=O) groups excluding carboxylic acids is 2. The van der Waals surface area contributed by atoms with Gasteiger partial charge in [-0.25, -0.2) is 4.39 Å². The Morgan fingerprint density at radius 2 is 1.95 bits per heavy atom. The molecule has 21 heavy (non-hydrogen) atoms. The number of rotatable bonds is 3. The first kappa shape index (κ1) is 15.5. The molecule has 1 N–H and O–H groups in total. The molecule has 0 radical (unpaired) electrons. The van der Waals surface area contributed by atoms with E-state index in [-0.39, 0.29) is 17.7 Å². The molecule has 1 aromatic carbocycles. The van der Waals surface area contributed by atoms with E-state index in [1.807, 2.05) is 20.8 Å². The average molecular weight is 292 g/mol. The zero-order chi connectivity index (χ0) is 15.7. The fourth-order valence-corrected chi connectivity index (χ4v) is 2.76. The number of aryl methyl sites for hydroxylation is 1. The minimum Gasteiger partial charge on any atom is -0.342 e. The molecule has 2 atom stereocenters. The van der Waals surface area contributed by atoms with E-state index in [0.29, 0.717) is 12.1 Å². The van der Waals surface area contributed by atoms with E-state index < -0.39 is 17.9 Å². The van der Waals surface area contributed by atoms with Crippen molar-refractivity contribution < 1.29 is 14.0 Å². The van der Waals surface area contributed by atoms with Gasteiger partial charge in [0.05, 0.1) is 0 Å². The highest BCUT2D eigenvalue weighted by atomic mass is 19.1. The molecule has 1 aliphatic rings. The molecule has 114 valence electrons. The fourth-order valence-electron chi connectivity index (χ4n) is 2.76. The van der Waals surface area contributed by atoms with Gasteiger partial charge in [0.15, 0.2) is 0 Å². The molecule has 1 fully saturated rings. The van der Waals surface area contributed by atoms with Crippen LogP contribution >= 0.6 is 0 Å². The van der Waals surface area contributed by atoms with Crippen LogP contribution in [0.25, 0.3) is 0 Å². The van der Waals surface area contributed by atoms with Crippen molar-refractivity contribution in [1.29, 1.82) is 0 Å². The maximum Gasteiger partial charge on any atom is 0.250 e. The molecule has 1 heterocycles. The number of hydrogen-bond acceptors (Lipinski definition) is 2. The number of halogens is 1. The molecule has 2 rings (SSSR count). The third-order valence-electron chi connectivity index (χ3n) is 3.74. The predicted molar refractivity (Wildman–Crippen MR) is 79.5 cm³/mol. The minimum atomic E-state index is -0.610. The van der Waals surface area contributed by atoms with Crippen LogP contribution in [-0.2, 0) is 9.59 Å². The van der Waals surface area contributed by atoms with Crippen LogP contribution in [0.2, 0.25) is 0 Å². The maximum absolute atomic E-state index is 13.7. The molecule has 0 aliphatic carbocycles. The lowest BCUT2D eigenvalue weighted by Gasteiger charge is -2.40. The normalized spacial score (nSPS) is 22.7. The van der Waals surface area contributed by atoms with Crippen molar-refractivity contribution in [3.63, 3.8) is 0 Å². The Morgan fingerprint density at radius 3 is 2.48 bits per heavy atom. The topological polar surface area (TPSA) is 49.4 Å². The summed E-state index contributed by atoms with van der Waals surface area (Å²) in [5, 5.41) is 2.75. The summed E-state index contributed by atoms with van der Waals surface area (Å²) >= 11 is 0. The van der Waals surface area contributed by atoms with Gasteiger partial charge >= 0.3 is 0 Å². The molecular weight excluding hydrogens is 271 g/mol. The number of carbonyl (C=O) groups is 2. The first-order valence-electron chi connectivity index (χ1n) is 7.25. The third kappa shape index (κ3) is 2.91. The average Bonchev–Trinajstić information content (AvgIpc) is 2.38. The highest BCUT2D eigenvalue weighted by Crippen LogP contribution is 2.27. The molecule has 0 aromatic heterocycles.